The first-order chi connectivity index (χ1) is 4.70. The molecule has 0 bridgehead atoms. The molecule has 2 heteroatoms. The SMILES string of the molecule is [CH2-]C(=O)c1[c-]cc(C)cc1.[W+2]. The molecule has 11 heavy (non-hydrogen) atoms. The van der Waals surface area contributed by atoms with Crippen LogP contribution in [0.25, 0.3) is 0 Å². The number of Topliss-reactive ketones (excluding diaryl/α,β-unsaturated/α-hetero) is 1. The molecule has 0 N–H and O–H groups in total. The maximum Gasteiger partial charge on any atom is 2.00 e. The zero-order valence-corrected chi connectivity index (χ0v) is 9.19. The van der Waals surface area contributed by atoms with Crippen molar-refractivity contribution in [1.29, 1.82) is 0 Å². The Labute approximate surface area is 81.1 Å². The van der Waals surface area contributed by atoms with Crippen LogP contribution in [-0.2, 0) is 21.1 Å². The number of hydrogen-bond donors (Lipinski definition) is 0. The minimum Gasteiger partial charge on any atom is -0.389 e. The summed E-state index contributed by atoms with van der Waals surface area (Å²) in [6, 6.07) is 8.20. The third-order valence-electron chi connectivity index (χ3n) is 1.27. The Hall–Kier alpha value is -0.552. The van der Waals surface area contributed by atoms with Gasteiger partial charge in [0.1, 0.15) is 0 Å². The fraction of sp³-hybridized carbons (Fsp3) is 0.111. The topological polar surface area (TPSA) is 17.1 Å². The molecule has 1 nitrogen and oxygen atoms in total. The van der Waals surface area contributed by atoms with E-state index in [9.17, 15) is 4.79 Å². The summed E-state index contributed by atoms with van der Waals surface area (Å²) in [6.45, 7) is 5.22. The molecule has 0 saturated carbocycles. The van der Waals surface area contributed by atoms with Crippen molar-refractivity contribution < 1.29 is 25.9 Å². The molecule has 0 aliphatic rings. The summed E-state index contributed by atoms with van der Waals surface area (Å²) in [5.41, 5.74) is 1.65. The van der Waals surface area contributed by atoms with Gasteiger partial charge in [-0.25, -0.2) is 19.1 Å². The molecule has 0 radical (unpaired) electrons. The molecule has 0 atom stereocenters. The molecule has 0 amide bonds. The van der Waals surface area contributed by atoms with Crippen LogP contribution in [0.4, 0.5) is 0 Å². The molecule has 56 valence electrons. The summed E-state index contributed by atoms with van der Waals surface area (Å²) in [7, 11) is 0. The largest absolute Gasteiger partial charge is 2.00 e. The van der Waals surface area contributed by atoms with E-state index in [0.717, 1.165) is 5.56 Å². The predicted octanol–water partition coefficient (Wildman–Crippen LogP) is 1.81. The van der Waals surface area contributed by atoms with Crippen LogP contribution in [-0.4, -0.2) is 5.78 Å². The van der Waals surface area contributed by atoms with Gasteiger partial charge in [0.25, 0.3) is 0 Å². The molecule has 0 fully saturated rings. The summed E-state index contributed by atoms with van der Waals surface area (Å²) in [5, 5.41) is 0. The van der Waals surface area contributed by atoms with Crippen LogP contribution in [0.2, 0.25) is 0 Å². The van der Waals surface area contributed by atoms with Gasteiger partial charge in [-0.2, -0.15) is 12.1 Å². The van der Waals surface area contributed by atoms with E-state index < -0.39 is 0 Å². The van der Waals surface area contributed by atoms with Crippen molar-refractivity contribution in [2.75, 3.05) is 0 Å². The van der Waals surface area contributed by atoms with E-state index in [4.69, 9.17) is 0 Å². The molecular weight excluding hydrogens is 308 g/mol. The summed E-state index contributed by atoms with van der Waals surface area (Å²) >= 11 is 0. The first kappa shape index (κ1) is 10.4. The maximum absolute atomic E-state index is 10.6. The molecule has 0 aromatic heterocycles. The van der Waals surface area contributed by atoms with Crippen molar-refractivity contribution in [3.8, 4) is 0 Å². The number of hydrogen-bond acceptors (Lipinski definition) is 1. The third-order valence-corrected chi connectivity index (χ3v) is 1.27. The van der Waals surface area contributed by atoms with Crippen LogP contribution in [0, 0.1) is 19.9 Å². The van der Waals surface area contributed by atoms with Crippen LogP contribution >= 0.6 is 0 Å². The van der Waals surface area contributed by atoms with E-state index in [1.165, 1.54) is 0 Å². The number of carbonyl (C=O) groups excluding carboxylic acids is 1. The Bertz CT molecular complexity index is 238. The van der Waals surface area contributed by atoms with Crippen molar-refractivity contribution in [2.24, 2.45) is 0 Å². The van der Waals surface area contributed by atoms with Gasteiger partial charge in [0.05, 0.1) is 0 Å². The van der Waals surface area contributed by atoms with Crippen LogP contribution < -0.4 is 0 Å². The van der Waals surface area contributed by atoms with E-state index in [1.807, 2.05) is 13.0 Å². The fourth-order valence-electron chi connectivity index (χ4n) is 0.676. The Morgan fingerprint density at radius 2 is 2.18 bits per heavy atom. The molecule has 0 heterocycles. The number of benzene rings is 1. The Morgan fingerprint density at radius 3 is 2.55 bits per heavy atom. The van der Waals surface area contributed by atoms with Crippen molar-refractivity contribution in [3.05, 3.63) is 42.3 Å². The predicted molar refractivity (Wildman–Crippen MR) is 39.7 cm³/mol. The minimum atomic E-state index is -0.181. The van der Waals surface area contributed by atoms with Crippen molar-refractivity contribution in [3.63, 3.8) is 0 Å². The van der Waals surface area contributed by atoms with Gasteiger partial charge < -0.3 is 4.79 Å². The Kier molecular flexibility index (Phi) is 4.13. The molecule has 1 aromatic rings. The Balaban J connectivity index is 0.000001000. The second kappa shape index (κ2) is 4.35. The first-order valence-corrected chi connectivity index (χ1v) is 3.05. The number of carbonyl (C=O) groups is 1. The van der Waals surface area contributed by atoms with Gasteiger partial charge >= 0.3 is 21.1 Å². The van der Waals surface area contributed by atoms with Gasteiger partial charge in [0, 0.05) is 0 Å². The molecule has 0 aliphatic heterocycles. The number of ketones is 1. The second-order valence-corrected chi connectivity index (χ2v) is 2.20. The van der Waals surface area contributed by atoms with Gasteiger partial charge in [0.15, 0.2) is 0 Å². The fourth-order valence-corrected chi connectivity index (χ4v) is 0.676. The molecule has 0 unspecified atom stereocenters. The maximum atomic E-state index is 10.6. The van der Waals surface area contributed by atoms with Crippen LogP contribution in [0.15, 0.2) is 18.2 Å². The number of aryl methyl sites for hydroxylation is 1. The molecular formula is C9H8OW. The number of rotatable bonds is 1. The van der Waals surface area contributed by atoms with Gasteiger partial charge in [-0.05, 0) is 0 Å². The third kappa shape index (κ3) is 2.90. The van der Waals surface area contributed by atoms with E-state index >= 15 is 0 Å². The average Bonchev–Trinajstić information content (AvgIpc) is 1.88. The van der Waals surface area contributed by atoms with E-state index in [1.54, 1.807) is 12.1 Å². The molecule has 1 rings (SSSR count). The summed E-state index contributed by atoms with van der Waals surface area (Å²) < 4.78 is 0. The van der Waals surface area contributed by atoms with Crippen molar-refractivity contribution >= 4 is 5.78 Å². The first-order valence-electron chi connectivity index (χ1n) is 3.05. The minimum absolute atomic E-state index is 0. The van der Waals surface area contributed by atoms with E-state index in [2.05, 4.69) is 13.0 Å². The van der Waals surface area contributed by atoms with Crippen LogP contribution in [0.1, 0.15) is 15.9 Å². The van der Waals surface area contributed by atoms with E-state index in [0.29, 0.717) is 5.56 Å². The van der Waals surface area contributed by atoms with Crippen LogP contribution in [0.3, 0.4) is 0 Å². The summed E-state index contributed by atoms with van der Waals surface area (Å²) in [4.78, 5) is 10.6. The monoisotopic (exact) mass is 316 g/mol. The van der Waals surface area contributed by atoms with Gasteiger partial charge in [-0.1, -0.05) is 12.7 Å². The standard InChI is InChI=1S/C9H8O.W/c1-7-3-5-9(6-4-7)8(2)10;/h3-5H,2H2,1H3;/q-2;+2. The summed E-state index contributed by atoms with van der Waals surface area (Å²) in [5.74, 6) is -0.181. The summed E-state index contributed by atoms with van der Waals surface area (Å²) in [6.07, 6.45) is 0. The van der Waals surface area contributed by atoms with Crippen LogP contribution in [0.5, 0.6) is 0 Å². The average molecular weight is 316 g/mol. The van der Waals surface area contributed by atoms with Gasteiger partial charge in [-0.15, -0.1) is 5.56 Å². The molecule has 0 aliphatic carbocycles. The second-order valence-electron chi connectivity index (χ2n) is 2.20. The zero-order valence-electron chi connectivity index (χ0n) is 6.26. The zero-order chi connectivity index (χ0) is 7.56. The molecule has 0 spiro atoms. The van der Waals surface area contributed by atoms with Gasteiger partial charge in [0.2, 0.25) is 0 Å². The van der Waals surface area contributed by atoms with Crippen molar-refractivity contribution in [2.45, 2.75) is 6.92 Å². The quantitative estimate of drug-likeness (QED) is 0.570. The normalized spacial score (nSPS) is 8.45. The molecule has 1 aromatic carbocycles. The van der Waals surface area contributed by atoms with Crippen molar-refractivity contribution in [1.82, 2.24) is 0 Å². The van der Waals surface area contributed by atoms with Gasteiger partial charge in [-0.3, -0.25) is 5.56 Å². The molecule has 0 saturated heterocycles. The van der Waals surface area contributed by atoms with E-state index in [-0.39, 0.29) is 26.8 Å². The smallest absolute Gasteiger partial charge is 0.389 e. The Morgan fingerprint density at radius 1 is 1.55 bits per heavy atom.